The van der Waals surface area contributed by atoms with E-state index in [0.29, 0.717) is 8.64 Å². The summed E-state index contributed by atoms with van der Waals surface area (Å²) < 4.78 is 7.06. The van der Waals surface area contributed by atoms with Gasteiger partial charge in [-0.05, 0) is 0 Å². The lowest BCUT2D eigenvalue weighted by Crippen LogP contribution is -2.28. The first kappa shape index (κ1) is 16.8. The summed E-state index contributed by atoms with van der Waals surface area (Å²) in [5.41, 5.74) is 0. The predicted octanol–water partition coefficient (Wildman–Crippen LogP) is 2.04. The fourth-order valence-corrected chi connectivity index (χ4v) is 2.68. The zero-order valence-corrected chi connectivity index (χ0v) is 13.6. The Bertz CT molecular complexity index is 287. The van der Waals surface area contributed by atoms with Gasteiger partial charge in [-0.25, -0.2) is 4.79 Å². The molecule has 0 heterocycles. The highest BCUT2D eigenvalue weighted by Crippen LogP contribution is 2.26. The van der Waals surface area contributed by atoms with Crippen LogP contribution in [0.4, 0.5) is 4.79 Å². The highest BCUT2D eigenvalue weighted by molar-refractivity contribution is 8.33. The second kappa shape index (κ2) is 7.96. The third-order valence-corrected chi connectivity index (χ3v) is 4.67. The molecular weight excluding hydrogens is 298 g/mol. The molecule has 0 fully saturated rings. The maximum absolute atomic E-state index is 11.5. The monoisotopic (exact) mass is 313 g/mol. The van der Waals surface area contributed by atoms with Gasteiger partial charge in [-0.1, -0.05) is 24.4 Å². The number of thiocarbonyl (C=S) groups is 2. The summed E-state index contributed by atoms with van der Waals surface area (Å²) in [6.07, 6.45) is -0.506. The molecular formula is C8H15N3O2S4. The predicted molar refractivity (Wildman–Crippen MR) is 82.0 cm³/mol. The summed E-state index contributed by atoms with van der Waals surface area (Å²) in [5.74, 6) is 0. The van der Waals surface area contributed by atoms with Crippen LogP contribution in [-0.4, -0.2) is 63.5 Å². The maximum atomic E-state index is 11.5. The van der Waals surface area contributed by atoms with Crippen molar-refractivity contribution in [3.05, 3.63) is 0 Å². The van der Waals surface area contributed by atoms with Gasteiger partial charge in [0.2, 0.25) is 0 Å². The molecule has 17 heavy (non-hydrogen) atoms. The highest BCUT2D eigenvalue weighted by atomic mass is 32.2. The Morgan fingerprint density at radius 1 is 1.00 bits per heavy atom. The van der Waals surface area contributed by atoms with Gasteiger partial charge in [-0.15, -0.1) is 0 Å². The number of amides is 1. The molecule has 0 spiro atoms. The Labute approximate surface area is 121 Å². The molecule has 0 unspecified atom stereocenters. The first-order valence-corrected chi connectivity index (χ1v) is 6.82. The lowest BCUT2D eigenvalue weighted by atomic mass is 11.0. The van der Waals surface area contributed by atoms with Crippen molar-refractivity contribution in [3.8, 4) is 0 Å². The Morgan fingerprint density at radius 2 is 1.35 bits per heavy atom. The summed E-state index contributed by atoms with van der Waals surface area (Å²) in [6, 6.07) is 0. The molecule has 0 rings (SSSR count). The number of carbonyl (C=O) groups is 1. The molecule has 98 valence electrons. The number of ether oxygens (including phenoxy) is 1. The van der Waals surface area contributed by atoms with Crippen LogP contribution in [-0.2, 0) is 4.74 Å². The zero-order valence-electron chi connectivity index (χ0n) is 10.3. The maximum Gasteiger partial charge on any atom is 0.430 e. The Hall–Kier alpha value is -0.250. The normalized spacial score (nSPS) is 9.47. The van der Waals surface area contributed by atoms with Crippen molar-refractivity contribution >= 4 is 63.1 Å². The molecule has 0 radical (unpaired) electrons. The highest BCUT2D eigenvalue weighted by Gasteiger charge is 2.21. The molecule has 0 aliphatic heterocycles. The van der Waals surface area contributed by atoms with Crippen molar-refractivity contribution in [2.75, 3.05) is 35.3 Å². The van der Waals surface area contributed by atoms with Gasteiger partial charge in [0, 0.05) is 52.1 Å². The molecule has 5 nitrogen and oxygen atoms in total. The molecule has 0 saturated heterocycles. The van der Waals surface area contributed by atoms with E-state index in [-0.39, 0.29) is 0 Å². The van der Waals surface area contributed by atoms with Gasteiger partial charge >= 0.3 is 6.09 Å². The van der Waals surface area contributed by atoms with E-state index in [1.165, 1.54) is 10.8 Å². The number of methoxy groups -OCH3 is 1. The first-order valence-electron chi connectivity index (χ1n) is 4.46. The summed E-state index contributed by atoms with van der Waals surface area (Å²) >= 11 is 12.4. The number of hydrogen-bond acceptors (Lipinski definition) is 6. The molecule has 0 atom stereocenters. The fraction of sp³-hybridized carbons (Fsp3) is 0.625. The van der Waals surface area contributed by atoms with E-state index in [4.69, 9.17) is 24.4 Å². The summed E-state index contributed by atoms with van der Waals surface area (Å²) in [5, 5.41) is 0. The van der Waals surface area contributed by atoms with Crippen molar-refractivity contribution in [2.45, 2.75) is 0 Å². The van der Waals surface area contributed by atoms with Gasteiger partial charge in [-0.3, -0.25) is 0 Å². The molecule has 9 heteroatoms. The molecule has 0 saturated carbocycles. The van der Waals surface area contributed by atoms with Gasteiger partial charge in [-0.2, -0.15) is 3.71 Å². The van der Waals surface area contributed by atoms with Crippen molar-refractivity contribution < 1.29 is 9.53 Å². The van der Waals surface area contributed by atoms with Crippen LogP contribution in [0.5, 0.6) is 0 Å². The van der Waals surface area contributed by atoms with Gasteiger partial charge in [0.1, 0.15) is 0 Å². The molecule has 0 aromatic rings. The van der Waals surface area contributed by atoms with Crippen molar-refractivity contribution in [3.63, 3.8) is 0 Å². The summed E-state index contributed by atoms with van der Waals surface area (Å²) in [7, 11) is 8.53. The summed E-state index contributed by atoms with van der Waals surface area (Å²) in [6.45, 7) is 0. The molecule has 1 amide bonds. The second-order valence-electron chi connectivity index (χ2n) is 3.23. The fourth-order valence-electron chi connectivity index (χ4n) is 0.473. The minimum atomic E-state index is -0.506. The van der Waals surface area contributed by atoms with Crippen LogP contribution in [0, 0.1) is 0 Å². The smallest absolute Gasteiger partial charge is 0.430 e. The Balaban J connectivity index is 4.61. The van der Waals surface area contributed by atoms with Gasteiger partial charge in [0.15, 0.2) is 8.64 Å². The molecule has 0 aliphatic rings. The van der Waals surface area contributed by atoms with Crippen molar-refractivity contribution in [2.24, 2.45) is 0 Å². The van der Waals surface area contributed by atoms with Gasteiger partial charge < -0.3 is 14.5 Å². The molecule has 0 aliphatic carbocycles. The lowest BCUT2D eigenvalue weighted by molar-refractivity contribution is 0.167. The van der Waals surface area contributed by atoms with Crippen LogP contribution in [0.2, 0.25) is 0 Å². The Morgan fingerprint density at radius 3 is 1.59 bits per heavy atom. The molecule has 0 N–H and O–H groups in total. The zero-order chi connectivity index (χ0) is 13.6. The SMILES string of the molecule is COC(=O)N(SC(=S)N(C)C)SC(=S)N(C)C. The minimum Gasteiger partial charge on any atom is -0.451 e. The standard InChI is InChI=1S/C8H15N3O2S4/c1-9(2)7(14)16-11(6(12)13-5)17-8(15)10(3)4/h1-5H3. The van der Waals surface area contributed by atoms with Crippen LogP contribution in [0.15, 0.2) is 0 Å². The van der Waals surface area contributed by atoms with E-state index in [1.54, 1.807) is 38.0 Å². The van der Waals surface area contributed by atoms with E-state index in [1.807, 2.05) is 0 Å². The first-order chi connectivity index (χ1) is 7.79. The molecule has 0 aromatic carbocycles. The van der Waals surface area contributed by atoms with Crippen LogP contribution in [0.25, 0.3) is 0 Å². The van der Waals surface area contributed by atoms with E-state index < -0.39 is 6.09 Å². The van der Waals surface area contributed by atoms with Gasteiger partial charge in [0.25, 0.3) is 0 Å². The van der Waals surface area contributed by atoms with Crippen LogP contribution in [0.3, 0.4) is 0 Å². The molecule has 0 aromatic heterocycles. The largest absolute Gasteiger partial charge is 0.451 e. The van der Waals surface area contributed by atoms with E-state index in [0.717, 1.165) is 23.9 Å². The number of rotatable bonds is 0. The average molecular weight is 313 g/mol. The average Bonchev–Trinajstić information content (AvgIpc) is 2.26. The Kier molecular flexibility index (Phi) is 7.84. The van der Waals surface area contributed by atoms with Crippen LogP contribution < -0.4 is 0 Å². The van der Waals surface area contributed by atoms with E-state index >= 15 is 0 Å². The third-order valence-electron chi connectivity index (χ3n) is 1.38. The van der Waals surface area contributed by atoms with Crippen LogP contribution >= 0.6 is 48.3 Å². The minimum absolute atomic E-state index is 0.506. The number of nitrogens with zero attached hydrogens (tertiary/aromatic N) is 3. The van der Waals surface area contributed by atoms with Gasteiger partial charge in [0.05, 0.1) is 7.11 Å². The summed E-state index contributed by atoms with van der Waals surface area (Å²) in [4.78, 5) is 15.0. The topological polar surface area (TPSA) is 36.0 Å². The van der Waals surface area contributed by atoms with Crippen molar-refractivity contribution in [1.82, 2.24) is 13.5 Å². The second-order valence-corrected chi connectivity index (χ2v) is 6.62. The number of hydrogen-bond donors (Lipinski definition) is 0. The van der Waals surface area contributed by atoms with Crippen molar-refractivity contribution in [1.29, 1.82) is 0 Å². The van der Waals surface area contributed by atoms with E-state index in [2.05, 4.69) is 4.74 Å². The number of carbonyl (C=O) groups excluding carboxylic acids is 1. The quantitative estimate of drug-likeness (QED) is 0.497. The van der Waals surface area contributed by atoms with Crippen LogP contribution in [0.1, 0.15) is 0 Å². The lowest BCUT2D eigenvalue weighted by Gasteiger charge is -2.23. The molecule has 0 bridgehead atoms. The van der Waals surface area contributed by atoms with E-state index in [9.17, 15) is 4.79 Å². The third kappa shape index (κ3) is 6.29.